The lowest BCUT2D eigenvalue weighted by Gasteiger charge is -2.23. The van der Waals surface area contributed by atoms with Crippen LogP contribution in [0.2, 0.25) is 0 Å². The van der Waals surface area contributed by atoms with Crippen LogP contribution in [0.1, 0.15) is 11.1 Å². The van der Waals surface area contributed by atoms with Crippen molar-refractivity contribution in [1.82, 2.24) is 0 Å². The predicted octanol–water partition coefficient (Wildman–Crippen LogP) is 3.71. The number of phenols is 1. The van der Waals surface area contributed by atoms with E-state index in [1.165, 1.54) is 0 Å². The highest BCUT2D eigenvalue weighted by Crippen LogP contribution is 2.39. The van der Waals surface area contributed by atoms with Crippen molar-refractivity contribution >= 4 is 17.3 Å². The fourth-order valence-corrected chi connectivity index (χ4v) is 2.89. The molecule has 0 saturated carbocycles. The molecule has 0 heterocycles. The third kappa shape index (κ3) is 3.44. The molecule has 0 aromatic heterocycles. The van der Waals surface area contributed by atoms with Crippen LogP contribution in [0.5, 0.6) is 5.75 Å². The molecule has 0 amide bonds. The van der Waals surface area contributed by atoms with Gasteiger partial charge in [-0.05, 0) is 41.5 Å². The summed E-state index contributed by atoms with van der Waals surface area (Å²) in [6, 6.07) is 14.7. The van der Waals surface area contributed by atoms with Crippen molar-refractivity contribution in [3.8, 4) is 5.75 Å². The highest BCUT2D eigenvalue weighted by Gasteiger charge is 2.24. The highest BCUT2D eigenvalue weighted by molar-refractivity contribution is 5.92. The summed E-state index contributed by atoms with van der Waals surface area (Å²) in [6.07, 6.45) is 5.28. The summed E-state index contributed by atoms with van der Waals surface area (Å²) >= 11 is 0. The molecule has 0 aliphatic heterocycles. The molecule has 0 spiro atoms. The van der Waals surface area contributed by atoms with Crippen molar-refractivity contribution in [2.24, 2.45) is 5.73 Å². The van der Waals surface area contributed by atoms with Gasteiger partial charge in [-0.25, -0.2) is 0 Å². The van der Waals surface area contributed by atoms with Crippen LogP contribution >= 0.6 is 0 Å². The van der Waals surface area contributed by atoms with E-state index in [0.717, 1.165) is 16.8 Å². The van der Waals surface area contributed by atoms with Crippen molar-refractivity contribution in [3.63, 3.8) is 0 Å². The van der Waals surface area contributed by atoms with Crippen LogP contribution in [0, 0.1) is 0 Å². The Labute approximate surface area is 147 Å². The molecule has 2 aromatic carbocycles. The smallest absolute Gasteiger partial charge is 0.123 e. The number of aliphatic hydroxyl groups excluding tert-OH is 1. The molecule has 128 valence electrons. The van der Waals surface area contributed by atoms with Crippen molar-refractivity contribution in [2.45, 2.75) is 6.04 Å². The molecule has 0 radical (unpaired) electrons. The topological polar surface area (TPSA) is 69.7 Å². The quantitative estimate of drug-likeness (QED) is 0.800. The third-order valence-corrected chi connectivity index (χ3v) is 4.25. The summed E-state index contributed by atoms with van der Waals surface area (Å²) in [5.74, 6) is 0.198. The zero-order valence-corrected chi connectivity index (χ0v) is 14.3. The molecule has 25 heavy (non-hydrogen) atoms. The zero-order valence-electron chi connectivity index (χ0n) is 14.3. The Hall–Kier alpha value is -2.98. The second kappa shape index (κ2) is 6.87. The molecule has 4 N–H and O–H groups in total. The van der Waals surface area contributed by atoms with Crippen LogP contribution in [0.15, 0.2) is 72.0 Å². The maximum atomic E-state index is 10.5. The second-order valence-electron chi connectivity index (χ2n) is 6.25. The number of aromatic hydroxyl groups is 1. The Morgan fingerprint density at radius 2 is 1.76 bits per heavy atom. The average Bonchev–Trinajstić information content (AvgIpc) is 2.60. The van der Waals surface area contributed by atoms with Gasteiger partial charge < -0.3 is 20.8 Å². The minimum atomic E-state index is -0.367. The van der Waals surface area contributed by atoms with Crippen LogP contribution in [0.25, 0.3) is 11.6 Å². The molecule has 0 bridgehead atoms. The summed E-state index contributed by atoms with van der Waals surface area (Å²) in [5, 5.41) is 20.9. The molecular weight excluding hydrogens is 312 g/mol. The highest BCUT2D eigenvalue weighted by atomic mass is 16.3. The summed E-state index contributed by atoms with van der Waals surface area (Å²) in [4.78, 5) is 1.94. The molecular formula is C21H22N2O2. The van der Waals surface area contributed by atoms with Crippen LogP contribution in [0.4, 0.5) is 5.69 Å². The molecule has 1 unspecified atom stereocenters. The number of rotatable bonds is 3. The number of hydrogen-bond donors (Lipinski definition) is 3. The van der Waals surface area contributed by atoms with Gasteiger partial charge in [0.25, 0.3) is 0 Å². The Morgan fingerprint density at radius 1 is 1.04 bits per heavy atom. The lowest BCUT2D eigenvalue weighted by atomic mass is 9.86. The standard InChI is InChI=1S/C21H22N2O2/c1-23(2)15-8-10-19(24)17(13-15)21-16(18(22)9-11-20(21)25)12-14-6-4-3-5-7-14/h3-13,18,24-25H,22H2,1-2H3. The lowest BCUT2D eigenvalue weighted by molar-refractivity contribution is 0.431. The van der Waals surface area contributed by atoms with E-state index in [0.29, 0.717) is 11.1 Å². The van der Waals surface area contributed by atoms with Crippen LogP contribution < -0.4 is 10.6 Å². The monoisotopic (exact) mass is 334 g/mol. The zero-order chi connectivity index (χ0) is 18.0. The van der Waals surface area contributed by atoms with Crippen LogP contribution in [-0.4, -0.2) is 30.4 Å². The van der Waals surface area contributed by atoms with E-state index < -0.39 is 0 Å². The number of nitrogens with zero attached hydrogens (tertiary/aromatic N) is 1. The van der Waals surface area contributed by atoms with Gasteiger partial charge in [0.2, 0.25) is 0 Å². The summed E-state index contributed by atoms with van der Waals surface area (Å²) in [7, 11) is 3.86. The number of benzene rings is 2. The molecule has 3 rings (SSSR count). The minimum absolute atomic E-state index is 0.0927. The first-order chi connectivity index (χ1) is 12.0. The average molecular weight is 334 g/mol. The van der Waals surface area contributed by atoms with Gasteiger partial charge in [-0.15, -0.1) is 0 Å². The summed E-state index contributed by atoms with van der Waals surface area (Å²) in [5.41, 5.74) is 10.1. The SMILES string of the molecule is CN(C)c1ccc(O)c(C2=C(O)C=CC(N)C2=Cc2ccccc2)c1. The van der Waals surface area contributed by atoms with Gasteiger partial charge in [-0.1, -0.05) is 36.4 Å². The third-order valence-electron chi connectivity index (χ3n) is 4.25. The van der Waals surface area contributed by atoms with Gasteiger partial charge in [0.05, 0.1) is 0 Å². The van der Waals surface area contributed by atoms with E-state index in [9.17, 15) is 10.2 Å². The molecule has 1 aliphatic rings. The van der Waals surface area contributed by atoms with Gasteiger partial charge in [0.15, 0.2) is 0 Å². The van der Waals surface area contributed by atoms with E-state index in [1.807, 2.05) is 67.5 Å². The summed E-state index contributed by atoms with van der Waals surface area (Å²) in [6.45, 7) is 0. The first kappa shape index (κ1) is 16.9. The number of nitrogens with two attached hydrogens (primary N) is 1. The van der Waals surface area contributed by atoms with E-state index in [1.54, 1.807) is 18.2 Å². The fraction of sp³-hybridized carbons (Fsp3) is 0.143. The van der Waals surface area contributed by atoms with E-state index in [2.05, 4.69) is 0 Å². The number of anilines is 1. The normalized spacial score (nSPS) is 18.7. The molecule has 1 atom stereocenters. The first-order valence-electron chi connectivity index (χ1n) is 8.12. The second-order valence-corrected chi connectivity index (χ2v) is 6.25. The Morgan fingerprint density at radius 3 is 2.44 bits per heavy atom. The molecule has 0 saturated heterocycles. The lowest BCUT2D eigenvalue weighted by Crippen LogP contribution is -2.24. The molecule has 4 heteroatoms. The summed E-state index contributed by atoms with van der Waals surface area (Å²) < 4.78 is 0. The predicted molar refractivity (Wildman–Crippen MR) is 104 cm³/mol. The minimum Gasteiger partial charge on any atom is -0.507 e. The maximum Gasteiger partial charge on any atom is 0.123 e. The van der Waals surface area contributed by atoms with Crippen molar-refractivity contribution in [2.75, 3.05) is 19.0 Å². The van der Waals surface area contributed by atoms with Gasteiger partial charge >= 0.3 is 0 Å². The Kier molecular flexibility index (Phi) is 4.63. The largest absolute Gasteiger partial charge is 0.507 e. The number of aliphatic hydroxyl groups is 1. The van der Waals surface area contributed by atoms with Gasteiger partial charge in [0, 0.05) is 37.0 Å². The molecule has 2 aromatic rings. The van der Waals surface area contributed by atoms with Crippen LogP contribution in [0.3, 0.4) is 0 Å². The van der Waals surface area contributed by atoms with Gasteiger partial charge in [-0.2, -0.15) is 0 Å². The number of allylic oxidation sites excluding steroid dienone is 1. The van der Waals surface area contributed by atoms with Crippen LogP contribution in [-0.2, 0) is 0 Å². The Bertz CT molecular complexity index is 865. The fourth-order valence-electron chi connectivity index (χ4n) is 2.89. The Balaban J connectivity index is 2.19. The van der Waals surface area contributed by atoms with E-state index >= 15 is 0 Å². The van der Waals surface area contributed by atoms with Gasteiger partial charge in [0.1, 0.15) is 11.5 Å². The van der Waals surface area contributed by atoms with Crippen molar-refractivity contribution in [1.29, 1.82) is 0 Å². The van der Waals surface area contributed by atoms with Gasteiger partial charge in [-0.3, -0.25) is 0 Å². The van der Waals surface area contributed by atoms with E-state index in [4.69, 9.17) is 5.73 Å². The van der Waals surface area contributed by atoms with Crippen molar-refractivity contribution < 1.29 is 10.2 Å². The van der Waals surface area contributed by atoms with Crippen molar-refractivity contribution in [3.05, 3.63) is 83.1 Å². The maximum absolute atomic E-state index is 10.5. The number of phenolic OH excluding ortho intramolecular Hbond substituents is 1. The number of hydrogen-bond acceptors (Lipinski definition) is 4. The molecule has 1 aliphatic carbocycles. The molecule has 4 nitrogen and oxygen atoms in total. The molecule has 0 fully saturated rings. The van der Waals surface area contributed by atoms with E-state index in [-0.39, 0.29) is 17.6 Å². The first-order valence-corrected chi connectivity index (χ1v) is 8.12.